The van der Waals surface area contributed by atoms with Crippen molar-refractivity contribution in [2.24, 2.45) is 5.92 Å². The van der Waals surface area contributed by atoms with Gasteiger partial charge in [0.25, 0.3) is 5.89 Å². The summed E-state index contributed by atoms with van der Waals surface area (Å²) in [6, 6.07) is 5.59. The molecular weight excluding hydrogens is 449 g/mol. The van der Waals surface area contributed by atoms with E-state index in [1.165, 1.54) is 24.6 Å². The second kappa shape index (κ2) is 10.7. The smallest absolute Gasteiger partial charge is 0.263 e. The molecular formula is C23H25ClFN5O3. The van der Waals surface area contributed by atoms with Crippen LogP contribution in [0.2, 0.25) is 5.15 Å². The Balaban J connectivity index is 1.39. The van der Waals surface area contributed by atoms with Gasteiger partial charge in [-0.3, -0.25) is 9.59 Å². The number of halogens is 2. The maximum absolute atomic E-state index is 13.3. The fraction of sp³-hybridized carbons (Fsp3) is 0.391. The van der Waals surface area contributed by atoms with E-state index < -0.39 is 0 Å². The zero-order valence-electron chi connectivity index (χ0n) is 17.9. The number of benzene rings is 1. The van der Waals surface area contributed by atoms with Gasteiger partial charge in [0, 0.05) is 25.1 Å². The minimum absolute atomic E-state index is 0.0354. The Morgan fingerprint density at radius 3 is 2.67 bits per heavy atom. The van der Waals surface area contributed by atoms with Crippen molar-refractivity contribution in [1.82, 2.24) is 25.6 Å². The molecule has 1 atom stereocenters. The number of carbonyl (C=O) groups is 2. The number of Topliss-reactive ketones (excluding diaryl/α,β-unsaturated/α-hetero) is 1. The molecule has 3 N–H and O–H groups in total. The highest BCUT2D eigenvalue weighted by molar-refractivity contribution is 6.30. The van der Waals surface area contributed by atoms with Gasteiger partial charge in [-0.15, -0.1) is 0 Å². The van der Waals surface area contributed by atoms with Crippen LogP contribution in [0.15, 0.2) is 41.1 Å². The summed E-state index contributed by atoms with van der Waals surface area (Å²) in [7, 11) is 0. The van der Waals surface area contributed by atoms with Crippen LogP contribution in [-0.4, -0.2) is 39.7 Å². The molecule has 1 saturated heterocycles. The molecule has 8 nitrogen and oxygen atoms in total. The van der Waals surface area contributed by atoms with Crippen LogP contribution in [-0.2, 0) is 4.79 Å². The minimum Gasteiger partial charge on any atom is -0.442 e. The van der Waals surface area contributed by atoms with Gasteiger partial charge in [0.05, 0.1) is 23.9 Å². The molecule has 10 heteroatoms. The van der Waals surface area contributed by atoms with Crippen LogP contribution in [0.1, 0.15) is 54.5 Å². The number of oxazole rings is 1. The number of aromatic nitrogens is 3. The second-order valence-corrected chi connectivity index (χ2v) is 8.43. The van der Waals surface area contributed by atoms with Crippen molar-refractivity contribution in [1.29, 1.82) is 0 Å². The van der Waals surface area contributed by atoms with E-state index in [0.717, 1.165) is 12.8 Å². The molecule has 3 aromatic rings. The number of nitrogens with one attached hydrogen (secondary N) is 3. The SMILES string of the molecule is O=C(CCCCCC(NC(=O)C1CNC1)c1[nH]c(-c2ccc(F)cc2)nc1Cl)c1ncco1. The first-order valence-corrected chi connectivity index (χ1v) is 11.3. The van der Waals surface area contributed by atoms with E-state index in [1.54, 1.807) is 12.1 Å². The number of unbranched alkanes of at least 4 members (excludes halogenated alkanes) is 2. The van der Waals surface area contributed by atoms with Crippen LogP contribution < -0.4 is 10.6 Å². The highest BCUT2D eigenvalue weighted by atomic mass is 35.5. The van der Waals surface area contributed by atoms with Gasteiger partial charge in [-0.2, -0.15) is 0 Å². The molecule has 1 aliphatic heterocycles. The van der Waals surface area contributed by atoms with Crippen molar-refractivity contribution in [3.8, 4) is 11.4 Å². The molecule has 1 unspecified atom stereocenters. The Morgan fingerprint density at radius 1 is 1.21 bits per heavy atom. The van der Waals surface area contributed by atoms with Crippen molar-refractivity contribution < 1.29 is 18.4 Å². The predicted octanol–water partition coefficient (Wildman–Crippen LogP) is 4.07. The minimum atomic E-state index is -0.352. The quantitative estimate of drug-likeness (QED) is 0.286. The lowest BCUT2D eigenvalue weighted by Gasteiger charge is -2.28. The fourth-order valence-electron chi connectivity index (χ4n) is 3.67. The molecule has 0 aliphatic carbocycles. The normalized spacial score (nSPS) is 14.6. The number of rotatable bonds is 11. The number of hydrogen-bond acceptors (Lipinski definition) is 6. The van der Waals surface area contributed by atoms with Crippen LogP contribution in [0.3, 0.4) is 0 Å². The number of carbonyl (C=O) groups excluding carboxylic acids is 2. The molecule has 4 rings (SSSR count). The molecule has 1 amide bonds. The first kappa shape index (κ1) is 23.1. The predicted molar refractivity (Wildman–Crippen MR) is 120 cm³/mol. The molecule has 0 spiro atoms. The zero-order valence-corrected chi connectivity index (χ0v) is 18.7. The molecule has 1 fully saturated rings. The molecule has 3 heterocycles. The summed E-state index contributed by atoms with van der Waals surface area (Å²) in [4.78, 5) is 36.1. The van der Waals surface area contributed by atoms with Gasteiger partial charge in [0.1, 0.15) is 17.9 Å². The lowest BCUT2D eigenvalue weighted by molar-refractivity contribution is -0.127. The molecule has 33 heavy (non-hydrogen) atoms. The van der Waals surface area contributed by atoms with Crippen LogP contribution >= 0.6 is 11.6 Å². The molecule has 0 radical (unpaired) electrons. The topological polar surface area (TPSA) is 113 Å². The third-order valence-electron chi connectivity index (χ3n) is 5.69. The highest BCUT2D eigenvalue weighted by Gasteiger charge is 2.29. The Labute approximate surface area is 195 Å². The molecule has 1 aromatic carbocycles. The molecule has 1 aliphatic rings. The summed E-state index contributed by atoms with van der Waals surface area (Å²) in [5.41, 5.74) is 1.32. The Hall–Kier alpha value is -3.04. The van der Waals surface area contributed by atoms with Crippen LogP contribution in [0, 0.1) is 11.7 Å². The molecule has 2 aromatic heterocycles. The van der Waals surface area contributed by atoms with E-state index >= 15 is 0 Å². The number of amides is 1. The number of aromatic amines is 1. The summed E-state index contributed by atoms with van der Waals surface area (Å²) >= 11 is 6.43. The number of hydrogen-bond donors (Lipinski definition) is 3. The zero-order chi connectivity index (χ0) is 23.2. The monoisotopic (exact) mass is 473 g/mol. The Kier molecular flexibility index (Phi) is 7.51. The second-order valence-electron chi connectivity index (χ2n) is 8.07. The summed E-state index contributed by atoms with van der Waals surface area (Å²) in [5, 5.41) is 6.45. The summed E-state index contributed by atoms with van der Waals surface area (Å²) in [6.07, 6.45) is 6.06. The van der Waals surface area contributed by atoms with Crippen molar-refractivity contribution in [2.45, 2.75) is 38.1 Å². The largest absolute Gasteiger partial charge is 0.442 e. The summed E-state index contributed by atoms with van der Waals surface area (Å²) < 4.78 is 18.3. The fourth-order valence-corrected chi connectivity index (χ4v) is 3.94. The van der Waals surface area contributed by atoms with Crippen molar-refractivity contribution in [3.63, 3.8) is 0 Å². The van der Waals surface area contributed by atoms with E-state index in [2.05, 4.69) is 25.6 Å². The van der Waals surface area contributed by atoms with Crippen LogP contribution in [0.4, 0.5) is 4.39 Å². The Morgan fingerprint density at radius 2 is 2.00 bits per heavy atom. The lowest BCUT2D eigenvalue weighted by Crippen LogP contribution is -2.51. The van der Waals surface area contributed by atoms with Gasteiger partial charge in [0.2, 0.25) is 11.7 Å². The molecule has 174 valence electrons. The van der Waals surface area contributed by atoms with E-state index in [-0.39, 0.29) is 40.5 Å². The highest BCUT2D eigenvalue weighted by Crippen LogP contribution is 2.29. The van der Waals surface area contributed by atoms with E-state index in [4.69, 9.17) is 16.0 Å². The van der Waals surface area contributed by atoms with Gasteiger partial charge >= 0.3 is 0 Å². The van der Waals surface area contributed by atoms with E-state index in [9.17, 15) is 14.0 Å². The number of H-pyrrole nitrogens is 1. The van der Waals surface area contributed by atoms with Gasteiger partial charge in [-0.1, -0.05) is 24.4 Å². The average molecular weight is 474 g/mol. The lowest BCUT2D eigenvalue weighted by atomic mass is 9.99. The van der Waals surface area contributed by atoms with Crippen molar-refractivity contribution >= 4 is 23.3 Å². The first-order valence-electron chi connectivity index (χ1n) is 11.0. The number of nitrogens with zero attached hydrogens (tertiary/aromatic N) is 2. The maximum Gasteiger partial charge on any atom is 0.263 e. The summed E-state index contributed by atoms with van der Waals surface area (Å²) in [6.45, 7) is 1.30. The molecule has 0 bridgehead atoms. The third-order valence-corrected chi connectivity index (χ3v) is 5.98. The van der Waals surface area contributed by atoms with E-state index in [0.29, 0.717) is 49.4 Å². The van der Waals surface area contributed by atoms with Crippen molar-refractivity contribution in [3.05, 3.63) is 59.3 Å². The van der Waals surface area contributed by atoms with Gasteiger partial charge in [-0.25, -0.2) is 14.4 Å². The average Bonchev–Trinajstić information content (AvgIpc) is 3.42. The number of imidazole rings is 1. The van der Waals surface area contributed by atoms with Gasteiger partial charge in [0.15, 0.2) is 5.15 Å². The summed E-state index contributed by atoms with van der Waals surface area (Å²) in [5.74, 6) is 0.0824. The first-order chi connectivity index (χ1) is 16.0. The standard InChI is InChI=1S/C23H25ClFN5O3/c24-20-19(29-21(30-20)14-6-8-16(25)9-7-14)17(28-22(32)15-12-26-13-15)4-2-1-3-5-18(31)23-27-10-11-33-23/h6-11,15,17,26H,1-5,12-13H2,(H,28,32)(H,29,30). The Bertz CT molecular complexity index is 1080. The maximum atomic E-state index is 13.3. The number of ketones is 1. The van der Waals surface area contributed by atoms with Crippen LogP contribution in [0.5, 0.6) is 0 Å². The van der Waals surface area contributed by atoms with Gasteiger partial charge < -0.3 is 20.0 Å². The van der Waals surface area contributed by atoms with E-state index in [1.807, 2.05) is 0 Å². The molecule has 0 saturated carbocycles. The van der Waals surface area contributed by atoms with Crippen LogP contribution in [0.25, 0.3) is 11.4 Å². The van der Waals surface area contributed by atoms with Gasteiger partial charge in [-0.05, 0) is 37.1 Å². The third kappa shape index (κ3) is 5.85. The van der Waals surface area contributed by atoms with Crippen molar-refractivity contribution in [2.75, 3.05) is 13.1 Å².